The van der Waals surface area contributed by atoms with Crippen LogP contribution in [0.2, 0.25) is 0 Å². The van der Waals surface area contributed by atoms with E-state index in [-0.39, 0.29) is 24.9 Å². The summed E-state index contributed by atoms with van der Waals surface area (Å²) in [5.74, 6) is 1.08. The minimum Gasteiger partial charge on any atom is -0.493 e. The monoisotopic (exact) mass is 448 g/mol. The highest BCUT2D eigenvalue weighted by molar-refractivity contribution is 7.92. The number of sulfonamides is 1. The first-order valence-electron chi connectivity index (χ1n) is 10.1. The standard InChI is InChI=1S/C23H32N2O5S/c1-16-9-10-17(2)20(14-16)25(31(6,27)28)13-7-8-23(26)24-18(3)19-11-12-21(29-4)22(15-19)30-5/h9-12,14-15,18H,7-8,13H2,1-6H3,(H,24,26). The van der Waals surface area contributed by atoms with E-state index in [2.05, 4.69) is 5.32 Å². The predicted molar refractivity (Wildman–Crippen MR) is 123 cm³/mol. The zero-order valence-corrected chi connectivity index (χ0v) is 19.9. The minimum absolute atomic E-state index is 0.142. The smallest absolute Gasteiger partial charge is 0.232 e. The molecule has 1 unspecified atom stereocenters. The Morgan fingerprint density at radius 2 is 1.74 bits per heavy atom. The van der Waals surface area contributed by atoms with Crippen LogP contribution in [-0.4, -0.2) is 41.3 Å². The summed E-state index contributed by atoms with van der Waals surface area (Å²) in [6, 6.07) is 11.0. The third kappa shape index (κ3) is 6.62. The molecule has 0 saturated heterocycles. The van der Waals surface area contributed by atoms with E-state index in [0.717, 1.165) is 16.7 Å². The van der Waals surface area contributed by atoms with Gasteiger partial charge in [-0.15, -0.1) is 0 Å². The Morgan fingerprint density at radius 3 is 2.35 bits per heavy atom. The van der Waals surface area contributed by atoms with Crippen molar-refractivity contribution in [3.63, 3.8) is 0 Å². The van der Waals surface area contributed by atoms with E-state index in [1.54, 1.807) is 20.3 Å². The van der Waals surface area contributed by atoms with Gasteiger partial charge in [0.15, 0.2) is 11.5 Å². The topological polar surface area (TPSA) is 84.9 Å². The van der Waals surface area contributed by atoms with Crippen molar-refractivity contribution in [1.82, 2.24) is 5.32 Å². The largest absolute Gasteiger partial charge is 0.493 e. The third-order valence-corrected chi connectivity index (χ3v) is 6.26. The lowest BCUT2D eigenvalue weighted by Gasteiger charge is -2.24. The number of carbonyl (C=O) groups is 1. The van der Waals surface area contributed by atoms with Crippen LogP contribution in [0, 0.1) is 13.8 Å². The van der Waals surface area contributed by atoms with Crippen molar-refractivity contribution in [2.45, 2.75) is 39.7 Å². The van der Waals surface area contributed by atoms with Gasteiger partial charge in [-0.25, -0.2) is 8.42 Å². The fraction of sp³-hybridized carbons (Fsp3) is 0.435. The van der Waals surface area contributed by atoms with Crippen LogP contribution in [0.5, 0.6) is 11.5 Å². The number of methoxy groups -OCH3 is 2. The van der Waals surface area contributed by atoms with Crippen LogP contribution in [0.4, 0.5) is 5.69 Å². The molecule has 31 heavy (non-hydrogen) atoms. The molecule has 2 aromatic rings. The lowest BCUT2D eigenvalue weighted by atomic mass is 10.1. The highest BCUT2D eigenvalue weighted by Crippen LogP contribution is 2.30. The molecule has 2 rings (SSSR count). The zero-order chi connectivity index (χ0) is 23.2. The van der Waals surface area contributed by atoms with E-state index < -0.39 is 10.0 Å². The molecule has 2 aromatic carbocycles. The first kappa shape index (κ1) is 24.5. The SMILES string of the molecule is COc1ccc(C(C)NC(=O)CCCN(c2cc(C)ccc2C)S(C)(=O)=O)cc1OC. The Bertz CT molecular complexity index is 1020. The summed E-state index contributed by atoms with van der Waals surface area (Å²) >= 11 is 0. The Kier molecular flexibility index (Phi) is 8.33. The number of rotatable bonds is 10. The molecular weight excluding hydrogens is 416 g/mol. The molecule has 8 heteroatoms. The van der Waals surface area contributed by atoms with Crippen molar-refractivity contribution < 1.29 is 22.7 Å². The van der Waals surface area contributed by atoms with E-state index in [0.29, 0.717) is 23.6 Å². The average Bonchev–Trinajstić information content (AvgIpc) is 2.71. The van der Waals surface area contributed by atoms with Gasteiger partial charge in [-0.1, -0.05) is 18.2 Å². The Balaban J connectivity index is 2.00. The summed E-state index contributed by atoms with van der Waals surface area (Å²) in [7, 11) is -0.326. The highest BCUT2D eigenvalue weighted by atomic mass is 32.2. The summed E-state index contributed by atoms with van der Waals surface area (Å²) in [5, 5.41) is 2.95. The molecule has 0 radical (unpaired) electrons. The fourth-order valence-corrected chi connectivity index (χ4v) is 4.37. The number of nitrogens with one attached hydrogen (secondary N) is 1. The molecule has 0 aliphatic rings. The first-order valence-corrected chi connectivity index (χ1v) is 12.0. The molecule has 170 valence electrons. The summed E-state index contributed by atoms with van der Waals surface area (Å²) in [5.41, 5.74) is 3.40. The van der Waals surface area contributed by atoms with Crippen LogP contribution >= 0.6 is 0 Å². The second-order valence-corrected chi connectivity index (χ2v) is 9.54. The van der Waals surface area contributed by atoms with Crippen molar-refractivity contribution in [3.8, 4) is 11.5 Å². The molecule has 0 aromatic heterocycles. The lowest BCUT2D eigenvalue weighted by Crippen LogP contribution is -2.33. The van der Waals surface area contributed by atoms with E-state index >= 15 is 0 Å². The van der Waals surface area contributed by atoms with Gasteiger partial charge >= 0.3 is 0 Å². The van der Waals surface area contributed by atoms with Gasteiger partial charge in [0, 0.05) is 13.0 Å². The molecule has 1 atom stereocenters. The second kappa shape index (κ2) is 10.5. The number of benzene rings is 2. The number of aryl methyl sites for hydroxylation is 2. The average molecular weight is 449 g/mol. The predicted octanol–water partition coefficient (Wildman–Crippen LogP) is 3.74. The molecule has 0 heterocycles. The number of hydrogen-bond acceptors (Lipinski definition) is 5. The van der Waals surface area contributed by atoms with Crippen molar-refractivity contribution in [2.75, 3.05) is 31.3 Å². The molecule has 7 nitrogen and oxygen atoms in total. The Labute approximate surface area is 185 Å². The van der Waals surface area contributed by atoms with Crippen molar-refractivity contribution >= 4 is 21.6 Å². The van der Waals surface area contributed by atoms with Crippen LogP contribution in [0.25, 0.3) is 0 Å². The lowest BCUT2D eigenvalue weighted by molar-refractivity contribution is -0.121. The zero-order valence-electron chi connectivity index (χ0n) is 19.1. The van der Waals surface area contributed by atoms with Crippen molar-refractivity contribution in [1.29, 1.82) is 0 Å². The molecule has 0 spiro atoms. The number of amides is 1. The van der Waals surface area contributed by atoms with Crippen LogP contribution in [0.15, 0.2) is 36.4 Å². The first-order chi connectivity index (χ1) is 14.6. The van der Waals surface area contributed by atoms with Gasteiger partial charge in [-0.2, -0.15) is 0 Å². The normalized spacial score (nSPS) is 12.2. The fourth-order valence-electron chi connectivity index (χ4n) is 3.36. The van der Waals surface area contributed by atoms with Crippen molar-refractivity contribution in [2.24, 2.45) is 0 Å². The quantitative estimate of drug-likeness (QED) is 0.598. The maximum absolute atomic E-state index is 12.5. The van der Waals surface area contributed by atoms with Crippen molar-refractivity contribution in [3.05, 3.63) is 53.1 Å². The van der Waals surface area contributed by atoms with E-state index in [1.165, 1.54) is 10.6 Å². The molecule has 0 bridgehead atoms. The van der Waals surface area contributed by atoms with Gasteiger partial charge in [-0.05, 0) is 62.1 Å². The number of carbonyl (C=O) groups excluding carboxylic acids is 1. The summed E-state index contributed by atoms with van der Waals surface area (Å²) in [4.78, 5) is 12.5. The summed E-state index contributed by atoms with van der Waals surface area (Å²) in [6.45, 7) is 5.93. The van der Waals surface area contributed by atoms with E-state index in [4.69, 9.17) is 9.47 Å². The van der Waals surface area contributed by atoms with Gasteiger partial charge in [0.05, 0.1) is 32.2 Å². The highest BCUT2D eigenvalue weighted by Gasteiger charge is 2.20. The molecule has 1 N–H and O–H groups in total. The minimum atomic E-state index is -3.46. The number of anilines is 1. The van der Waals surface area contributed by atoms with Crippen LogP contribution < -0.4 is 19.1 Å². The van der Waals surface area contributed by atoms with Crippen LogP contribution in [0.3, 0.4) is 0 Å². The molecule has 0 aliphatic carbocycles. The van der Waals surface area contributed by atoms with Gasteiger partial charge in [0.1, 0.15) is 0 Å². The number of nitrogens with zero attached hydrogens (tertiary/aromatic N) is 1. The third-order valence-electron chi connectivity index (χ3n) is 5.08. The number of ether oxygens (including phenoxy) is 2. The summed E-state index contributed by atoms with van der Waals surface area (Å²) < 4.78 is 36.6. The molecule has 0 aliphatic heterocycles. The maximum atomic E-state index is 12.5. The van der Waals surface area contributed by atoms with Gasteiger partial charge in [-0.3, -0.25) is 9.10 Å². The van der Waals surface area contributed by atoms with Gasteiger partial charge < -0.3 is 14.8 Å². The second-order valence-electron chi connectivity index (χ2n) is 7.63. The Hall–Kier alpha value is -2.74. The molecule has 0 saturated carbocycles. The number of hydrogen-bond donors (Lipinski definition) is 1. The van der Waals surface area contributed by atoms with E-state index in [9.17, 15) is 13.2 Å². The molecular formula is C23H32N2O5S. The maximum Gasteiger partial charge on any atom is 0.232 e. The van der Waals surface area contributed by atoms with Crippen LogP contribution in [-0.2, 0) is 14.8 Å². The van der Waals surface area contributed by atoms with Gasteiger partial charge in [0.25, 0.3) is 0 Å². The summed E-state index contributed by atoms with van der Waals surface area (Å²) in [6.07, 6.45) is 1.81. The van der Waals surface area contributed by atoms with E-state index in [1.807, 2.05) is 51.1 Å². The molecule has 0 fully saturated rings. The Morgan fingerprint density at radius 1 is 1.06 bits per heavy atom. The molecule has 1 amide bonds. The van der Waals surface area contributed by atoms with Gasteiger partial charge in [0.2, 0.25) is 15.9 Å². The van der Waals surface area contributed by atoms with Crippen LogP contribution in [0.1, 0.15) is 42.5 Å².